The van der Waals surface area contributed by atoms with Gasteiger partial charge in [-0.25, -0.2) is 4.39 Å². The molecule has 3 aromatic rings. The predicted molar refractivity (Wildman–Crippen MR) is 129 cm³/mol. The zero-order valence-electron chi connectivity index (χ0n) is 19.1. The number of carbonyl (C=O) groups is 1. The standard InChI is InChI=1S/C26H25ClFN3O3/c1-16(2)10-22-25-20(21(28)13-29-22)12-19(30-25)14-31-23(27)9-8-18(26(31)33)11-24(32)34-15-17-6-4-3-5-7-17/h3-9,13,16H,10-12,14-15H2,1-2H3. The third-order valence-electron chi connectivity index (χ3n) is 5.55. The van der Waals surface area contributed by atoms with Gasteiger partial charge in [0.15, 0.2) is 0 Å². The molecule has 2 aromatic heterocycles. The van der Waals surface area contributed by atoms with E-state index in [2.05, 4.69) is 23.8 Å². The highest BCUT2D eigenvalue weighted by Gasteiger charge is 2.24. The van der Waals surface area contributed by atoms with Gasteiger partial charge in [-0.15, -0.1) is 0 Å². The number of hydrogen-bond donors (Lipinski definition) is 0. The van der Waals surface area contributed by atoms with E-state index < -0.39 is 17.3 Å². The number of ether oxygens (including phenoxy) is 1. The number of aromatic nitrogens is 2. The molecule has 0 aliphatic carbocycles. The Morgan fingerprint density at radius 3 is 2.71 bits per heavy atom. The van der Waals surface area contributed by atoms with Gasteiger partial charge in [-0.1, -0.05) is 55.8 Å². The van der Waals surface area contributed by atoms with Crippen molar-refractivity contribution in [2.75, 3.05) is 0 Å². The number of nitrogens with zero attached hydrogens (tertiary/aromatic N) is 3. The Hall–Kier alpha value is -3.32. The summed E-state index contributed by atoms with van der Waals surface area (Å²) in [5, 5.41) is 0.214. The number of esters is 1. The number of aliphatic imine (C=N–C) groups is 1. The summed E-state index contributed by atoms with van der Waals surface area (Å²) in [7, 11) is 0. The minimum atomic E-state index is -0.507. The summed E-state index contributed by atoms with van der Waals surface area (Å²) in [4.78, 5) is 34.2. The lowest BCUT2D eigenvalue weighted by molar-refractivity contribution is -0.144. The number of hydrogen-bond acceptors (Lipinski definition) is 5. The molecular weight excluding hydrogens is 457 g/mol. The molecule has 0 atom stereocenters. The van der Waals surface area contributed by atoms with Gasteiger partial charge in [0.1, 0.15) is 17.6 Å². The number of rotatable bonds is 8. The van der Waals surface area contributed by atoms with E-state index in [0.29, 0.717) is 29.3 Å². The minimum Gasteiger partial charge on any atom is -0.461 e. The van der Waals surface area contributed by atoms with E-state index in [1.807, 2.05) is 30.3 Å². The van der Waals surface area contributed by atoms with E-state index >= 15 is 0 Å². The van der Waals surface area contributed by atoms with E-state index in [1.54, 1.807) is 6.07 Å². The molecule has 8 heteroatoms. The molecule has 0 N–H and O–H groups in total. The Labute approximate surface area is 202 Å². The lowest BCUT2D eigenvalue weighted by Gasteiger charge is -2.11. The first-order valence-electron chi connectivity index (χ1n) is 11.1. The Balaban J connectivity index is 1.50. The highest BCUT2D eigenvalue weighted by Crippen LogP contribution is 2.33. The number of benzene rings is 1. The van der Waals surface area contributed by atoms with E-state index in [9.17, 15) is 14.0 Å². The molecule has 1 aliphatic rings. The molecule has 0 unspecified atom stereocenters. The minimum absolute atomic E-state index is 0.0970. The summed E-state index contributed by atoms with van der Waals surface area (Å²) >= 11 is 6.31. The van der Waals surface area contributed by atoms with Crippen molar-refractivity contribution >= 4 is 29.0 Å². The fourth-order valence-electron chi connectivity index (χ4n) is 3.90. The molecule has 3 heterocycles. The van der Waals surface area contributed by atoms with Gasteiger partial charge in [0.25, 0.3) is 5.56 Å². The van der Waals surface area contributed by atoms with Crippen LogP contribution in [0.3, 0.4) is 0 Å². The zero-order valence-corrected chi connectivity index (χ0v) is 19.8. The molecule has 0 amide bonds. The van der Waals surface area contributed by atoms with Crippen LogP contribution in [0.2, 0.25) is 5.15 Å². The SMILES string of the molecule is CC(C)Cc1ncc(F)c2c1N=C(Cn1c(Cl)ccc(CC(=O)OCc3ccccc3)c1=O)C2. The van der Waals surface area contributed by atoms with Gasteiger partial charge in [-0.3, -0.25) is 24.1 Å². The fourth-order valence-corrected chi connectivity index (χ4v) is 4.10. The Bertz CT molecular complexity index is 1300. The van der Waals surface area contributed by atoms with Crippen LogP contribution in [0.15, 0.2) is 58.4 Å². The quantitative estimate of drug-likeness (QED) is 0.340. The maximum Gasteiger partial charge on any atom is 0.310 e. The van der Waals surface area contributed by atoms with Crippen molar-refractivity contribution in [3.05, 3.63) is 92.4 Å². The zero-order chi connectivity index (χ0) is 24.2. The van der Waals surface area contributed by atoms with Crippen LogP contribution in [0.1, 0.15) is 36.2 Å². The van der Waals surface area contributed by atoms with Crippen LogP contribution in [0.25, 0.3) is 0 Å². The van der Waals surface area contributed by atoms with Gasteiger partial charge in [-0.05, 0) is 30.0 Å². The van der Waals surface area contributed by atoms with E-state index in [0.717, 1.165) is 11.3 Å². The Kier molecular flexibility index (Phi) is 7.22. The second-order valence-electron chi connectivity index (χ2n) is 8.73. The van der Waals surface area contributed by atoms with Crippen molar-refractivity contribution in [2.24, 2.45) is 10.9 Å². The van der Waals surface area contributed by atoms with Crippen molar-refractivity contribution in [3.63, 3.8) is 0 Å². The maximum absolute atomic E-state index is 14.4. The number of halogens is 2. The summed E-state index contributed by atoms with van der Waals surface area (Å²) in [5.41, 5.74) is 3.13. The summed E-state index contributed by atoms with van der Waals surface area (Å²) < 4.78 is 21.0. The van der Waals surface area contributed by atoms with Crippen molar-refractivity contribution in [3.8, 4) is 0 Å². The van der Waals surface area contributed by atoms with Gasteiger partial charge in [0.2, 0.25) is 0 Å². The van der Waals surface area contributed by atoms with Crippen molar-refractivity contribution in [2.45, 2.75) is 46.3 Å². The second-order valence-corrected chi connectivity index (χ2v) is 9.12. The van der Waals surface area contributed by atoms with Gasteiger partial charge in [-0.2, -0.15) is 0 Å². The predicted octanol–water partition coefficient (Wildman–Crippen LogP) is 4.85. The molecule has 1 aromatic carbocycles. The number of pyridine rings is 2. The van der Waals surface area contributed by atoms with Crippen molar-refractivity contribution in [1.82, 2.24) is 9.55 Å². The largest absolute Gasteiger partial charge is 0.461 e. The molecule has 0 spiro atoms. The molecular formula is C26H25ClFN3O3. The van der Waals surface area contributed by atoms with Gasteiger partial charge < -0.3 is 4.74 Å². The molecule has 6 nitrogen and oxygen atoms in total. The molecule has 176 valence electrons. The first kappa shape index (κ1) is 23.8. The highest BCUT2D eigenvalue weighted by molar-refractivity contribution is 6.29. The van der Waals surface area contributed by atoms with E-state index in [-0.39, 0.29) is 36.7 Å². The monoisotopic (exact) mass is 481 g/mol. The first-order chi connectivity index (χ1) is 16.3. The average molecular weight is 482 g/mol. The van der Waals surface area contributed by atoms with Crippen LogP contribution in [0.5, 0.6) is 0 Å². The smallest absolute Gasteiger partial charge is 0.310 e. The lowest BCUT2D eigenvalue weighted by atomic mass is 10.0. The summed E-state index contributed by atoms with van der Waals surface area (Å²) in [6.45, 7) is 4.36. The average Bonchev–Trinajstić information content (AvgIpc) is 3.25. The van der Waals surface area contributed by atoms with Crippen LogP contribution >= 0.6 is 11.6 Å². The van der Waals surface area contributed by atoms with E-state index in [1.165, 1.54) is 16.8 Å². The maximum atomic E-state index is 14.4. The van der Waals surface area contributed by atoms with Crippen LogP contribution in [0, 0.1) is 11.7 Å². The van der Waals surface area contributed by atoms with Gasteiger partial charge in [0.05, 0.1) is 30.5 Å². The van der Waals surface area contributed by atoms with Crippen molar-refractivity contribution in [1.29, 1.82) is 0 Å². The second kappa shape index (κ2) is 10.3. The first-order valence-corrected chi connectivity index (χ1v) is 11.5. The van der Waals surface area contributed by atoms with Crippen LogP contribution in [0.4, 0.5) is 10.1 Å². The number of carbonyl (C=O) groups excluding carboxylic acids is 1. The summed E-state index contributed by atoms with van der Waals surface area (Å²) in [6.07, 6.45) is 2.02. The molecule has 0 fully saturated rings. The number of fused-ring (bicyclic) bond motifs is 1. The van der Waals surface area contributed by atoms with Gasteiger partial charge in [0, 0.05) is 23.3 Å². The molecule has 0 bridgehead atoms. The normalized spacial score (nSPS) is 12.6. The summed E-state index contributed by atoms with van der Waals surface area (Å²) in [5.74, 6) is -0.571. The van der Waals surface area contributed by atoms with E-state index in [4.69, 9.17) is 16.3 Å². The topological polar surface area (TPSA) is 73.6 Å². The van der Waals surface area contributed by atoms with Crippen LogP contribution in [-0.4, -0.2) is 21.2 Å². The Morgan fingerprint density at radius 1 is 1.21 bits per heavy atom. The summed E-state index contributed by atoms with van der Waals surface area (Å²) in [6, 6.07) is 12.4. The highest BCUT2D eigenvalue weighted by atomic mass is 35.5. The molecule has 1 aliphatic heterocycles. The van der Waals surface area contributed by atoms with Crippen LogP contribution < -0.4 is 5.56 Å². The van der Waals surface area contributed by atoms with Crippen molar-refractivity contribution < 1.29 is 13.9 Å². The molecule has 0 saturated carbocycles. The molecule has 0 radical (unpaired) electrons. The molecule has 34 heavy (non-hydrogen) atoms. The molecule has 0 saturated heterocycles. The fraction of sp³-hybridized carbons (Fsp3) is 0.308. The van der Waals surface area contributed by atoms with Gasteiger partial charge >= 0.3 is 5.97 Å². The molecule has 4 rings (SSSR count). The third kappa shape index (κ3) is 5.42. The lowest BCUT2D eigenvalue weighted by Crippen LogP contribution is -2.29. The third-order valence-corrected chi connectivity index (χ3v) is 5.88. The van der Waals surface area contributed by atoms with Crippen LogP contribution in [-0.2, 0) is 41.9 Å². The Morgan fingerprint density at radius 2 is 1.97 bits per heavy atom.